The van der Waals surface area contributed by atoms with Crippen LogP contribution in [0.15, 0.2) is 17.3 Å². The van der Waals surface area contributed by atoms with Crippen LogP contribution in [0.4, 0.5) is 0 Å². The van der Waals surface area contributed by atoms with Crippen LogP contribution in [0.2, 0.25) is 0 Å². The molecule has 19 heavy (non-hydrogen) atoms. The van der Waals surface area contributed by atoms with E-state index in [0.717, 1.165) is 12.8 Å². The molecule has 1 saturated carbocycles. The first-order valence-electron chi connectivity index (χ1n) is 6.33. The Morgan fingerprint density at radius 3 is 2.84 bits per heavy atom. The van der Waals surface area contributed by atoms with E-state index >= 15 is 0 Å². The molecule has 0 spiro atoms. The van der Waals surface area contributed by atoms with E-state index in [0.29, 0.717) is 12.3 Å². The highest BCUT2D eigenvalue weighted by Gasteiger charge is 2.27. The molecule has 0 N–H and O–H groups in total. The summed E-state index contributed by atoms with van der Waals surface area (Å²) >= 11 is -2.33. The highest BCUT2D eigenvalue weighted by molar-refractivity contribution is 7.79. The number of methoxy groups -OCH3 is 1. The number of hydrogen-bond donors (Lipinski definition) is 0. The fourth-order valence-corrected chi connectivity index (χ4v) is 2.91. The summed E-state index contributed by atoms with van der Waals surface area (Å²) in [5, 5.41) is 3.97. The minimum absolute atomic E-state index is 0.0836. The van der Waals surface area contributed by atoms with Gasteiger partial charge in [0.2, 0.25) is 0 Å². The van der Waals surface area contributed by atoms with Crippen molar-refractivity contribution in [3.8, 4) is 0 Å². The quantitative estimate of drug-likeness (QED) is 0.603. The Kier molecular flexibility index (Phi) is 4.71. The van der Waals surface area contributed by atoms with Crippen molar-refractivity contribution in [1.29, 1.82) is 0 Å². The van der Waals surface area contributed by atoms with Gasteiger partial charge in [-0.05, 0) is 23.4 Å². The molecule has 0 bridgehead atoms. The average Bonchev–Trinajstić information content (AvgIpc) is 3.05. The summed E-state index contributed by atoms with van der Waals surface area (Å²) in [6, 6.07) is -0.537. The summed E-state index contributed by atoms with van der Waals surface area (Å²) in [5.74, 6) is 0.104. The highest BCUT2D eigenvalue weighted by atomic mass is 32.2. The van der Waals surface area contributed by atoms with E-state index < -0.39 is 17.1 Å². The Balaban J connectivity index is 2.15. The molecule has 0 amide bonds. The first-order chi connectivity index (χ1) is 9.11. The van der Waals surface area contributed by atoms with Crippen LogP contribution >= 0.6 is 0 Å². The van der Waals surface area contributed by atoms with E-state index in [9.17, 15) is 13.6 Å². The Hall–Kier alpha value is -1.21. The van der Waals surface area contributed by atoms with Crippen molar-refractivity contribution < 1.29 is 18.3 Å². The molecule has 1 heterocycles. The van der Waals surface area contributed by atoms with Crippen molar-refractivity contribution in [3.05, 3.63) is 12.4 Å². The number of ether oxygens (including phenoxy) is 1. The smallest absolute Gasteiger partial charge is 0.330 e. The molecule has 1 fully saturated rings. The average molecular weight is 285 g/mol. The number of nitrogens with zero attached hydrogens (tertiary/aromatic N) is 2. The Morgan fingerprint density at radius 2 is 2.32 bits per heavy atom. The van der Waals surface area contributed by atoms with Gasteiger partial charge in [-0.1, -0.05) is 25.7 Å². The molecular formula is C12H17N2O4S-. The maximum Gasteiger partial charge on any atom is 0.330 e. The second-order valence-corrected chi connectivity index (χ2v) is 5.76. The largest absolute Gasteiger partial charge is 0.768 e. The summed E-state index contributed by atoms with van der Waals surface area (Å²) in [7, 11) is 1.33. The minimum atomic E-state index is -2.33. The molecule has 1 aliphatic carbocycles. The van der Waals surface area contributed by atoms with Crippen molar-refractivity contribution >= 4 is 17.0 Å². The van der Waals surface area contributed by atoms with E-state index in [-0.39, 0.29) is 10.9 Å². The van der Waals surface area contributed by atoms with Gasteiger partial charge >= 0.3 is 5.97 Å². The molecular weight excluding hydrogens is 268 g/mol. The van der Waals surface area contributed by atoms with E-state index in [2.05, 4.69) is 5.10 Å². The molecule has 2 rings (SSSR count). The SMILES string of the molecule is COC(=O)C(CC1CCCC1)n1cc(S(=O)[O-])cn1. The van der Waals surface area contributed by atoms with Gasteiger partial charge in [0.05, 0.1) is 18.2 Å². The standard InChI is InChI=1S/C12H18N2O4S/c1-18-12(15)11(6-9-4-2-3-5-9)14-8-10(7-13-14)19(16)17/h7-9,11H,2-6H2,1H3,(H,16,17)/p-1. The molecule has 7 heteroatoms. The van der Waals surface area contributed by atoms with E-state index in [4.69, 9.17) is 4.74 Å². The monoisotopic (exact) mass is 285 g/mol. The molecule has 6 nitrogen and oxygen atoms in total. The van der Waals surface area contributed by atoms with Gasteiger partial charge in [0, 0.05) is 6.20 Å². The topological polar surface area (TPSA) is 84.2 Å². The Morgan fingerprint density at radius 1 is 1.63 bits per heavy atom. The second kappa shape index (κ2) is 6.29. The molecule has 1 aromatic heterocycles. The van der Waals surface area contributed by atoms with Crippen molar-refractivity contribution in [1.82, 2.24) is 9.78 Å². The van der Waals surface area contributed by atoms with Crippen LogP contribution in [-0.4, -0.2) is 31.6 Å². The maximum absolute atomic E-state index is 11.8. The molecule has 106 valence electrons. The lowest BCUT2D eigenvalue weighted by Crippen LogP contribution is -2.23. The van der Waals surface area contributed by atoms with Gasteiger partial charge in [-0.2, -0.15) is 5.10 Å². The summed E-state index contributed by atoms with van der Waals surface area (Å²) < 4.78 is 27.9. The third-order valence-corrected chi connectivity index (χ3v) is 4.19. The molecule has 0 saturated heterocycles. The van der Waals surface area contributed by atoms with Crippen molar-refractivity contribution in [2.75, 3.05) is 7.11 Å². The zero-order valence-corrected chi connectivity index (χ0v) is 11.6. The van der Waals surface area contributed by atoms with Gasteiger partial charge in [-0.3, -0.25) is 8.89 Å². The molecule has 2 atom stereocenters. The van der Waals surface area contributed by atoms with Crippen molar-refractivity contribution in [2.24, 2.45) is 5.92 Å². The van der Waals surface area contributed by atoms with Gasteiger partial charge in [-0.15, -0.1) is 0 Å². The van der Waals surface area contributed by atoms with Crippen LogP contribution in [0.25, 0.3) is 0 Å². The van der Waals surface area contributed by atoms with Gasteiger partial charge in [0.1, 0.15) is 6.04 Å². The number of aromatic nitrogens is 2. The van der Waals surface area contributed by atoms with Gasteiger partial charge in [0.25, 0.3) is 0 Å². The van der Waals surface area contributed by atoms with Crippen LogP contribution in [-0.2, 0) is 20.6 Å². The number of carbonyl (C=O) groups excluding carboxylic acids is 1. The molecule has 2 unspecified atom stereocenters. The van der Waals surface area contributed by atoms with Gasteiger partial charge < -0.3 is 9.29 Å². The molecule has 1 aromatic rings. The number of rotatable bonds is 5. The van der Waals surface area contributed by atoms with Crippen LogP contribution < -0.4 is 0 Å². The maximum atomic E-state index is 11.8. The fraction of sp³-hybridized carbons (Fsp3) is 0.667. The first-order valence-corrected chi connectivity index (χ1v) is 7.40. The lowest BCUT2D eigenvalue weighted by molar-refractivity contribution is -0.145. The van der Waals surface area contributed by atoms with Gasteiger partial charge in [0.15, 0.2) is 0 Å². The lowest BCUT2D eigenvalue weighted by atomic mass is 9.98. The van der Waals surface area contributed by atoms with Crippen LogP contribution in [0, 0.1) is 5.92 Å². The van der Waals surface area contributed by atoms with Crippen LogP contribution in [0.3, 0.4) is 0 Å². The molecule has 1 aliphatic rings. The van der Waals surface area contributed by atoms with E-state index in [1.165, 1.54) is 37.0 Å². The van der Waals surface area contributed by atoms with E-state index in [1.807, 2.05) is 0 Å². The summed E-state index contributed by atoms with van der Waals surface area (Å²) in [5.41, 5.74) is 0. The third-order valence-electron chi connectivity index (χ3n) is 3.59. The number of esters is 1. The van der Waals surface area contributed by atoms with Gasteiger partial charge in [-0.25, -0.2) is 4.79 Å². The van der Waals surface area contributed by atoms with Crippen LogP contribution in [0.1, 0.15) is 38.1 Å². The predicted molar refractivity (Wildman–Crippen MR) is 67.0 cm³/mol. The number of carbonyl (C=O) groups is 1. The Labute approximate surface area is 114 Å². The summed E-state index contributed by atoms with van der Waals surface area (Å²) in [4.78, 5) is 11.9. The normalized spacial score (nSPS) is 19.3. The minimum Gasteiger partial charge on any atom is -0.768 e. The first kappa shape index (κ1) is 14.2. The van der Waals surface area contributed by atoms with E-state index in [1.54, 1.807) is 0 Å². The van der Waals surface area contributed by atoms with Crippen molar-refractivity contribution in [3.63, 3.8) is 0 Å². The second-order valence-electron chi connectivity index (χ2n) is 4.82. The Bertz CT molecular complexity index is 468. The predicted octanol–water partition coefficient (Wildman–Crippen LogP) is 1.42. The molecule has 0 radical (unpaired) electrons. The lowest BCUT2D eigenvalue weighted by Gasteiger charge is -2.18. The van der Waals surface area contributed by atoms with Crippen LogP contribution in [0.5, 0.6) is 0 Å². The summed E-state index contributed by atoms with van der Waals surface area (Å²) in [6.07, 6.45) is 7.86. The zero-order chi connectivity index (χ0) is 13.8. The summed E-state index contributed by atoms with van der Waals surface area (Å²) in [6.45, 7) is 0. The zero-order valence-electron chi connectivity index (χ0n) is 10.8. The molecule has 0 aromatic carbocycles. The molecule has 0 aliphatic heterocycles. The van der Waals surface area contributed by atoms with Crippen molar-refractivity contribution in [2.45, 2.75) is 43.0 Å². The third kappa shape index (κ3) is 3.42. The fourth-order valence-electron chi connectivity index (χ4n) is 2.59. The highest BCUT2D eigenvalue weighted by Crippen LogP contribution is 2.32. The number of hydrogen-bond acceptors (Lipinski definition) is 5.